The van der Waals surface area contributed by atoms with Crippen molar-refractivity contribution in [2.45, 2.75) is 69.5 Å². The summed E-state index contributed by atoms with van der Waals surface area (Å²) in [6.07, 6.45) is 8.79. The van der Waals surface area contributed by atoms with Gasteiger partial charge >= 0.3 is 5.97 Å². The van der Waals surface area contributed by atoms with E-state index >= 15 is 0 Å². The van der Waals surface area contributed by atoms with Gasteiger partial charge in [0, 0.05) is 18.6 Å². The van der Waals surface area contributed by atoms with Crippen LogP contribution in [0.5, 0.6) is 0 Å². The first kappa shape index (κ1) is 13.4. The topological polar surface area (TPSA) is 52.6 Å². The number of piperidine rings is 1. The molecule has 3 fully saturated rings. The number of likely N-dealkylation sites (tertiary alicyclic amines) is 1. The minimum absolute atomic E-state index is 0.435. The third-order valence-corrected chi connectivity index (χ3v) is 5.20. The van der Waals surface area contributed by atoms with Crippen molar-refractivity contribution >= 4 is 5.97 Å². The fraction of sp³-hybridized carbons (Fsp3) is 0.933. The van der Waals surface area contributed by atoms with E-state index in [0.29, 0.717) is 18.6 Å². The van der Waals surface area contributed by atoms with Crippen molar-refractivity contribution < 1.29 is 9.90 Å². The molecule has 3 atom stereocenters. The maximum atomic E-state index is 11.7. The van der Waals surface area contributed by atoms with E-state index in [0.717, 1.165) is 25.3 Å². The Bertz CT molecular complexity index is 356. The fourth-order valence-electron chi connectivity index (χ4n) is 4.01. The molecule has 3 unspecified atom stereocenters. The Morgan fingerprint density at radius 3 is 2.68 bits per heavy atom. The number of carbonyl (C=O) groups is 1. The van der Waals surface area contributed by atoms with Crippen LogP contribution in [-0.2, 0) is 4.79 Å². The molecule has 2 N–H and O–H groups in total. The standard InChI is InChI=1S/C15H26N2O2/c1-15(14(18)19,16-12-7-8-12)10-17-9-3-5-11-4-2-6-13(11)17/h11-13,16H,2-10H2,1H3,(H,18,19). The monoisotopic (exact) mass is 266 g/mol. The molecule has 0 bridgehead atoms. The van der Waals surface area contributed by atoms with Gasteiger partial charge in [-0.05, 0) is 57.9 Å². The Morgan fingerprint density at radius 1 is 1.26 bits per heavy atom. The van der Waals surface area contributed by atoms with Crippen LogP contribution in [0.3, 0.4) is 0 Å². The van der Waals surface area contributed by atoms with E-state index in [1.54, 1.807) is 0 Å². The Hall–Kier alpha value is -0.610. The van der Waals surface area contributed by atoms with Crippen molar-refractivity contribution in [3.63, 3.8) is 0 Å². The van der Waals surface area contributed by atoms with Crippen LogP contribution in [0.2, 0.25) is 0 Å². The van der Waals surface area contributed by atoms with Gasteiger partial charge < -0.3 is 5.11 Å². The molecule has 1 saturated heterocycles. The lowest BCUT2D eigenvalue weighted by atomic mass is 9.90. The molecular formula is C15H26N2O2. The molecule has 0 aromatic rings. The molecule has 1 heterocycles. The molecule has 3 rings (SSSR count). The Kier molecular flexibility index (Phi) is 3.56. The Balaban J connectivity index is 1.68. The van der Waals surface area contributed by atoms with Crippen LogP contribution in [0.1, 0.15) is 51.9 Å². The lowest BCUT2D eigenvalue weighted by Crippen LogP contribution is -2.60. The number of nitrogens with one attached hydrogen (secondary N) is 1. The lowest BCUT2D eigenvalue weighted by Gasteiger charge is -2.42. The first-order valence-corrected chi connectivity index (χ1v) is 7.84. The predicted molar refractivity (Wildman–Crippen MR) is 74.1 cm³/mol. The summed E-state index contributed by atoms with van der Waals surface area (Å²) in [7, 11) is 0. The number of rotatable bonds is 5. The van der Waals surface area contributed by atoms with Crippen LogP contribution in [0.15, 0.2) is 0 Å². The summed E-state index contributed by atoms with van der Waals surface area (Å²) in [4.78, 5) is 14.1. The molecule has 4 nitrogen and oxygen atoms in total. The van der Waals surface area contributed by atoms with Crippen LogP contribution >= 0.6 is 0 Å². The molecule has 0 spiro atoms. The van der Waals surface area contributed by atoms with Crippen LogP contribution in [0.4, 0.5) is 0 Å². The van der Waals surface area contributed by atoms with Gasteiger partial charge in [0.2, 0.25) is 0 Å². The van der Waals surface area contributed by atoms with Crippen molar-refractivity contribution in [1.29, 1.82) is 0 Å². The number of hydrogen-bond acceptors (Lipinski definition) is 3. The molecule has 2 aliphatic carbocycles. The fourth-order valence-corrected chi connectivity index (χ4v) is 4.01. The largest absolute Gasteiger partial charge is 0.480 e. The maximum absolute atomic E-state index is 11.7. The van der Waals surface area contributed by atoms with E-state index in [2.05, 4.69) is 10.2 Å². The second-order valence-corrected chi connectivity index (χ2v) is 6.93. The van der Waals surface area contributed by atoms with Gasteiger partial charge in [-0.2, -0.15) is 0 Å². The quantitative estimate of drug-likeness (QED) is 0.797. The highest BCUT2D eigenvalue weighted by atomic mass is 16.4. The number of hydrogen-bond donors (Lipinski definition) is 2. The van der Waals surface area contributed by atoms with Crippen molar-refractivity contribution in [2.75, 3.05) is 13.1 Å². The molecule has 19 heavy (non-hydrogen) atoms. The number of fused-ring (bicyclic) bond motifs is 1. The molecule has 0 aromatic heterocycles. The summed E-state index contributed by atoms with van der Waals surface area (Å²) in [5.41, 5.74) is -0.772. The van der Waals surface area contributed by atoms with Gasteiger partial charge in [0.15, 0.2) is 0 Å². The predicted octanol–water partition coefficient (Wildman–Crippen LogP) is 1.85. The smallest absolute Gasteiger partial charge is 0.324 e. The zero-order chi connectivity index (χ0) is 13.5. The SMILES string of the molecule is CC(CN1CCCC2CCCC21)(NC1CC1)C(=O)O. The zero-order valence-electron chi connectivity index (χ0n) is 11.9. The molecular weight excluding hydrogens is 240 g/mol. The number of carboxylic acid groups (broad SMARTS) is 1. The van der Waals surface area contributed by atoms with Gasteiger partial charge in [0.05, 0.1) is 0 Å². The van der Waals surface area contributed by atoms with E-state index in [1.807, 2.05) is 6.92 Å². The van der Waals surface area contributed by atoms with Crippen molar-refractivity contribution in [1.82, 2.24) is 10.2 Å². The number of nitrogens with zero attached hydrogens (tertiary/aromatic N) is 1. The van der Waals surface area contributed by atoms with Gasteiger partial charge in [0.25, 0.3) is 0 Å². The normalized spacial score (nSPS) is 34.8. The van der Waals surface area contributed by atoms with Gasteiger partial charge in [-0.15, -0.1) is 0 Å². The lowest BCUT2D eigenvalue weighted by molar-refractivity contribution is -0.145. The summed E-state index contributed by atoms with van der Waals surface area (Å²) in [6.45, 7) is 3.61. The average Bonchev–Trinajstić information content (AvgIpc) is 3.03. The van der Waals surface area contributed by atoms with Crippen LogP contribution in [0.25, 0.3) is 0 Å². The van der Waals surface area contributed by atoms with Gasteiger partial charge in [-0.3, -0.25) is 15.0 Å². The van der Waals surface area contributed by atoms with Crippen molar-refractivity contribution in [3.05, 3.63) is 0 Å². The zero-order valence-corrected chi connectivity index (χ0v) is 11.9. The van der Waals surface area contributed by atoms with E-state index in [-0.39, 0.29) is 0 Å². The van der Waals surface area contributed by atoms with Crippen LogP contribution < -0.4 is 5.32 Å². The summed E-state index contributed by atoms with van der Waals surface area (Å²) >= 11 is 0. The highest BCUT2D eigenvalue weighted by Gasteiger charge is 2.43. The second kappa shape index (κ2) is 5.06. The average molecular weight is 266 g/mol. The molecule has 3 aliphatic rings. The minimum atomic E-state index is -0.772. The van der Waals surface area contributed by atoms with Crippen LogP contribution in [-0.4, -0.2) is 46.7 Å². The summed E-state index contributed by atoms with van der Waals surface area (Å²) in [6, 6.07) is 1.08. The third kappa shape index (κ3) is 2.79. The minimum Gasteiger partial charge on any atom is -0.480 e. The molecule has 0 aromatic carbocycles. The maximum Gasteiger partial charge on any atom is 0.324 e. The van der Waals surface area contributed by atoms with Crippen LogP contribution in [0, 0.1) is 5.92 Å². The molecule has 4 heteroatoms. The Morgan fingerprint density at radius 2 is 2.00 bits per heavy atom. The molecule has 108 valence electrons. The number of aliphatic carboxylic acids is 1. The second-order valence-electron chi connectivity index (χ2n) is 6.93. The van der Waals surface area contributed by atoms with E-state index in [4.69, 9.17) is 0 Å². The number of carboxylic acids is 1. The van der Waals surface area contributed by atoms with E-state index < -0.39 is 11.5 Å². The highest BCUT2D eigenvalue weighted by molar-refractivity contribution is 5.78. The van der Waals surface area contributed by atoms with E-state index in [1.165, 1.54) is 32.1 Å². The molecule has 1 aliphatic heterocycles. The van der Waals surface area contributed by atoms with E-state index in [9.17, 15) is 9.90 Å². The Labute approximate surface area is 115 Å². The van der Waals surface area contributed by atoms with Crippen molar-refractivity contribution in [3.8, 4) is 0 Å². The van der Waals surface area contributed by atoms with Gasteiger partial charge in [-0.25, -0.2) is 0 Å². The highest BCUT2D eigenvalue weighted by Crippen LogP contribution is 2.37. The third-order valence-electron chi connectivity index (χ3n) is 5.20. The van der Waals surface area contributed by atoms with Gasteiger partial charge in [-0.1, -0.05) is 6.42 Å². The molecule has 0 radical (unpaired) electrons. The summed E-state index contributed by atoms with van der Waals surface area (Å²) in [5.74, 6) is 0.132. The first-order chi connectivity index (χ1) is 9.08. The molecule has 0 amide bonds. The summed E-state index contributed by atoms with van der Waals surface area (Å²) in [5, 5.41) is 12.9. The summed E-state index contributed by atoms with van der Waals surface area (Å²) < 4.78 is 0. The molecule has 2 saturated carbocycles. The van der Waals surface area contributed by atoms with Crippen molar-refractivity contribution in [2.24, 2.45) is 5.92 Å². The van der Waals surface area contributed by atoms with Gasteiger partial charge in [0.1, 0.15) is 5.54 Å². The first-order valence-electron chi connectivity index (χ1n) is 7.84.